The number of nitrogens with one attached hydrogen (secondary N) is 2. The molecule has 0 spiro atoms. The number of methoxy groups -OCH3 is 2. The van der Waals surface area contributed by atoms with Crippen molar-refractivity contribution in [3.63, 3.8) is 0 Å². The van der Waals surface area contributed by atoms with Crippen molar-refractivity contribution in [1.82, 2.24) is 19.6 Å². The van der Waals surface area contributed by atoms with Gasteiger partial charge in [0.15, 0.2) is 23.1 Å². The molecule has 0 aliphatic carbocycles. The maximum absolute atomic E-state index is 14.8. The summed E-state index contributed by atoms with van der Waals surface area (Å²) in [6, 6.07) is 6.23. The number of aromatic nitrogens is 2. The van der Waals surface area contributed by atoms with E-state index in [0.29, 0.717) is 52.6 Å². The fraction of sp³-hybridized carbons (Fsp3) is 0.360. The second-order valence-electron chi connectivity index (χ2n) is 8.91. The Kier molecular flexibility index (Phi) is 9.56. The minimum atomic E-state index is -3.77. The van der Waals surface area contributed by atoms with Crippen LogP contribution in [0.3, 0.4) is 0 Å². The van der Waals surface area contributed by atoms with Gasteiger partial charge in [0.05, 0.1) is 28.6 Å². The number of aliphatic imine (C=N–C) groups is 1. The van der Waals surface area contributed by atoms with Crippen LogP contribution in [0.5, 0.6) is 11.5 Å². The third kappa shape index (κ3) is 6.58. The Hall–Kier alpha value is -2.62. The van der Waals surface area contributed by atoms with Gasteiger partial charge in [-0.25, -0.2) is 22.8 Å². The molecule has 4 N–H and O–H groups in total. The molecule has 1 fully saturated rings. The third-order valence-corrected chi connectivity index (χ3v) is 9.15. The highest BCUT2D eigenvalue weighted by Gasteiger charge is 2.31. The lowest BCUT2D eigenvalue weighted by Crippen LogP contribution is -2.42. The molecule has 14 heteroatoms. The van der Waals surface area contributed by atoms with E-state index in [4.69, 9.17) is 26.8 Å². The number of pyridine rings is 1. The Bertz CT molecular complexity index is 1510. The normalized spacial score (nSPS) is 17.7. The number of rotatable bonds is 10. The number of amidine groups is 1. The number of nitrogens with zero attached hydrogens (tertiary/aromatic N) is 3. The molecule has 2 aromatic heterocycles. The van der Waals surface area contributed by atoms with Crippen LogP contribution < -0.4 is 20.5 Å². The van der Waals surface area contributed by atoms with E-state index < -0.39 is 15.9 Å². The molecule has 3 aromatic rings. The van der Waals surface area contributed by atoms with Gasteiger partial charge in [0, 0.05) is 49.0 Å². The summed E-state index contributed by atoms with van der Waals surface area (Å²) < 4.78 is 53.6. The minimum Gasteiger partial charge on any atom is -0.493 e. The number of hydrogen-bond acceptors (Lipinski definition) is 7. The van der Waals surface area contributed by atoms with Crippen molar-refractivity contribution >= 4 is 61.1 Å². The fourth-order valence-electron chi connectivity index (χ4n) is 4.41. The lowest BCUT2D eigenvalue weighted by Gasteiger charge is -2.32. The van der Waals surface area contributed by atoms with E-state index in [2.05, 4.69) is 20.3 Å². The molecule has 0 bridgehead atoms. The van der Waals surface area contributed by atoms with E-state index in [9.17, 15) is 12.8 Å². The lowest BCUT2D eigenvalue weighted by atomic mass is 10.00. The van der Waals surface area contributed by atoms with E-state index in [0.717, 1.165) is 6.42 Å². The summed E-state index contributed by atoms with van der Waals surface area (Å²) in [5, 5.41) is 4.17. The quantitative estimate of drug-likeness (QED) is 0.126. The monoisotopic (exact) mass is 690 g/mol. The van der Waals surface area contributed by atoms with E-state index in [1.165, 1.54) is 36.9 Å². The maximum atomic E-state index is 14.8. The van der Waals surface area contributed by atoms with Gasteiger partial charge in [-0.1, -0.05) is 34.2 Å². The van der Waals surface area contributed by atoms with Crippen LogP contribution in [-0.2, 0) is 10.0 Å². The van der Waals surface area contributed by atoms with Crippen LogP contribution in [-0.4, -0.2) is 66.8 Å². The first-order chi connectivity index (χ1) is 18.7. The van der Waals surface area contributed by atoms with Gasteiger partial charge in [0.2, 0.25) is 10.0 Å². The fourth-order valence-corrected chi connectivity index (χ4v) is 6.50. The molecule has 10 nitrogen and oxygen atoms in total. The third-order valence-electron chi connectivity index (χ3n) is 6.41. The molecule has 0 amide bonds. The number of piperidine rings is 1. The summed E-state index contributed by atoms with van der Waals surface area (Å²) in [7, 11) is -0.826. The number of hydrogen-bond donors (Lipinski definition) is 3. The summed E-state index contributed by atoms with van der Waals surface area (Å²) in [5.41, 5.74) is 7.38. The molecule has 1 aromatic carbocycles. The number of H-pyrrole nitrogens is 1. The molecular weight excluding hydrogens is 662 g/mol. The molecule has 210 valence electrons. The molecule has 0 saturated carbocycles. The highest BCUT2D eigenvalue weighted by atomic mass is 127. The molecular formula is C25H29ClFIN6O4S. The first-order valence-electron chi connectivity index (χ1n) is 12.1. The molecule has 1 aliphatic rings. The first-order valence-corrected chi connectivity index (χ1v) is 15.4. The van der Waals surface area contributed by atoms with Crippen LogP contribution in [0, 0.1) is 5.92 Å². The van der Waals surface area contributed by atoms with Crippen LogP contribution in [0.15, 0.2) is 58.2 Å². The summed E-state index contributed by atoms with van der Waals surface area (Å²) in [5.74, 6) is 0.334. The number of allylic oxidation sites excluding steroid dienone is 1. The minimum absolute atomic E-state index is 0.00566. The SMILES string of the molecule is COc1ccc(S(=O)(=O)N2CCCC(CNC(/N=C(\N)c3c[nH]c4ncc(Cl)cc34)=C(\F)CI)C2)cc1OC. The zero-order valence-electron chi connectivity index (χ0n) is 21.4. The van der Waals surface area contributed by atoms with Crippen molar-refractivity contribution in [2.75, 3.05) is 38.3 Å². The Labute approximate surface area is 245 Å². The average Bonchev–Trinajstić information content (AvgIpc) is 3.37. The molecule has 1 unspecified atom stereocenters. The molecule has 4 rings (SSSR count). The van der Waals surface area contributed by atoms with Gasteiger partial charge in [0.1, 0.15) is 11.5 Å². The van der Waals surface area contributed by atoms with Crippen molar-refractivity contribution in [3.05, 3.63) is 58.9 Å². The highest BCUT2D eigenvalue weighted by molar-refractivity contribution is 14.1. The van der Waals surface area contributed by atoms with Crippen molar-refractivity contribution in [3.8, 4) is 11.5 Å². The molecule has 3 heterocycles. The number of fused-ring (bicyclic) bond motifs is 1. The Morgan fingerprint density at radius 1 is 1.33 bits per heavy atom. The van der Waals surface area contributed by atoms with Crippen LogP contribution in [0.25, 0.3) is 11.0 Å². The predicted octanol–water partition coefficient (Wildman–Crippen LogP) is 4.20. The number of ether oxygens (including phenoxy) is 2. The Balaban J connectivity index is 1.49. The van der Waals surface area contributed by atoms with Crippen LogP contribution in [0.1, 0.15) is 18.4 Å². The number of aromatic amines is 1. The van der Waals surface area contributed by atoms with E-state index in [1.807, 2.05) is 22.6 Å². The van der Waals surface area contributed by atoms with Crippen LogP contribution in [0.2, 0.25) is 5.02 Å². The summed E-state index contributed by atoms with van der Waals surface area (Å²) >= 11 is 7.99. The van der Waals surface area contributed by atoms with Gasteiger partial charge in [-0.05, 0) is 37.0 Å². The average molecular weight is 691 g/mol. The molecule has 0 radical (unpaired) electrons. The van der Waals surface area contributed by atoms with Crippen molar-refractivity contribution < 1.29 is 22.3 Å². The number of halogens is 3. The largest absolute Gasteiger partial charge is 0.493 e. The van der Waals surface area contributed by atoms with Gasteiger partial charge < -0.3 is 25.5 Å². The molecule has 39 heavy (non-hydrogen) atoms. The van der Waals surface area contributed by atoms with Gasteiger partial charge in [0.25, 0.3) is 0 Å². The van der Waals surface area contributed by atoms with Gasteiger partial charge >= 0.3 is 0 Å². The summed E-state index contributed by atoms with van der Waals surface area (Å²) in [4.78, 5) is 11.7. The van der Waals surface area contributed by atoms with Gasteiger partial charge in [-0.2, -0.15) is 4.31 Å². The van der Waals surface area contributed by atoms with E-state index >= 15 is 0 Å². The van der Waals surface area contributed by atoms with Crippen LogP contribution in [0.4, 0.5) is 4.39 Å². The van der Waals surface area contributed by atoms with Crippen LogP contribution >= 0.6 is 34.2 Å². The number of alkyl halides is 1. The number of sulfonamides is 1. The molecule has 1 aliphatic heterocycles. The smallest absolute Gasteiger partial charge is 0.243 e. The summed E-state index contributed by atoms with van der Waals surface area (Å²) in [6.07, 6.45) is 4.60. The Morgan fingerprint density at radius 2 is 2.10 bits per heavy atom. The number of nitrogens with two attached hydrogens (primary N) is 1. The second kappa shape index (κ2) is 12.7. The highest BCUT2D eigenvalue weighted by Crippen LogP contribution is 2.32. The number of benzene rings is 1. The zero-order chi connectivity index (χ0) is 28.2. The van der Waals surface area contributed by atoms with E-state index in [-0.39, 0.29) is 33.4 Å². The Morgan fingerprint density at radius 3 is 2.82 bits per heavy atom. The second-order valence-corrected chi connectivity index (χ2v) is 12.0. The van der Waals surface area contributed by atoms with E-state index in [1.54, 1.807) is 18.3 Å². The maximum Gasteiger partial charge on any atom is 0.243 e. The van der Waals surface area contributed by atoms with Gasteiger partial charge in [-0.15, -0.1) is 0 Å². The van der Waals surface area contributed by atoms with Crippen molar-refractivity contribution in [2.24, 2.45) is 16.6 Å². The van der Waals surface area contributed by atoms with Gasteiger partial charge in [-0.3, -0.25) is 0 Å². The summed E-state index contributed by atoms with van der Waals surface area (Å²) in [6.45, 7) is 0.976. The topological polar surface area (TPSA) is 135 Å². The lowest BCUT2D eigenvalue weighted by molar-refractivity contribution is 0.263. The predicted molar refractivity (Wildman–Crippen MR) is 158 cm³/mol. The van der Waals surface area contributed by atoms with Crippen molar-refractivity contribution in [2.45, 2.75) is 17.7 Å². The standard InChI is InChI=1S/C25H29ClFIN6O4S/c1-37-21-6-5-17(9-22(21)38-2)39(35,36)34-7-3-4-15(14-34)11-30-25(20(27)10-28)33-23(29)19-13-32-24-18(19)8-16(26)12-31-24/h5-6,8-9,12-13,15,30H,3-4,7,10-11,14H2,1-2H3,(H2,29,33)(H,31,32)/b25-20+. The zero-order valence-corrected chi connectivity index (χ0v) is 25.1. The molecule has 1 saturated heterocycles. The molecule has 1 atom stereocenters. The van der Waals surface area contributed by atoms with Crippen molar-refractivity contribution in [1.29, 1.82) is 0 Å². The first kappa shape index (κ1) is 29.4.